The van der Waals surface area contributed by atoms with Crippen molar-refractivity contribution in [2.75, 3.05) is 11.9 Å². The van der Waals surface area contributed by atoms with Crippen LogP contribution in [0.4, 0.5) is 5.69 Å². The van der Waals surface area contributed by atoms with Gasteiger partial charge in [-0.25, -0.2) is 0 Å². The molecule has 5 heteroatoms. The molecule has 4 nitrogen and oxygen atoms in total. The van der Waals surface area contributed by atoms with Gasteiger partial charge in [0, 0.05) is 42.4 Å². The highest BCUT2D eigenvalue weighted by atomic mass is 32.2. The summed E-state index contributed by atoms with van der Waals surface area (Å²) in [5, 5.41) is 1.83. The highest BCUT2D eigenvalue weighted by Crippen LogP contribution is 2.33. The van der Waals surface area contributed by atoms with Crippen molar-refractivity contribution < 1.29 is 4.79 Å². The first kappa shape index (κ1) is 15.7. The molecule has 0 fully saturated rings. The number of para-hydroxylation sites is 2. The van der Waals surface area contributed by atoms with Crippen LogP contribution in [0.3, 0.4) is 0 Å². The third-order valence-electron chi connectivity index (χ3n) is 4.25. The Morgan fingerprint density at radius 3 is 2.60 bits per heavy atom. The molecule has 0 atom stereocenters. The molecule has 2 heterocycles. The van der Waals surface area contributed by atoms with Crippen molar-refractivity contribution in [2.45, 2.75) is 0 Å². The standard InChI is InChI=1S/C20H17N3OS/c1-22-13-14(16-10-6-7-11-17(16)22)12-18-19(24)21-20(25-18)23(2)15-8-4-3-5-9-15/h3-13H,1-2H3/b18-12-. The first-order valence-electron chi connectivity index (χ1n) is 7.99. The average molecular weight is 347 g/mol. The number of thioether (sulfide) groups is 1. The molecule has 0 spiro atoms. The predicted octanol–water partition coefficient (Wildman–Crippen LogP) is 4.29. The van der Waals surface area contributed by atoms with E-state index in [1.165, 1.54) is 11.8 Å². The van der Waals surface area contributed by atoms with E-state index in [0.29, 0.717) is 10.1 Å². The smallest absolute Gasteiger partial charge is 0.286 e. The largest absolute Gasteiger partial charge is 0.350 e. The van der Waals surface area contributed by atoms with Gasteiger partial charge in [0.15, 0.2) is 5.17 Å². The van der Waals surface area contributed by atoms with Gasteiger partial charge in [0.2, 0.25) is 0 Å². The second kappa shape index (κ2) is 6.26. The average Bonchev–Trinajstić information content (AvgIpc) is 3.16. The second-order valence-corrected chi connectivity index (χ2v) is 6.93. The van der Waals surface area contributed by atoms with E-state index in [2.05, 4.69) is 21.7 Å². The highest BCUT2D eigenvalue weighted by molar-refractivity contribution is 8.18. The maximum Gasteiger partial charge on any atom is 0.286 e. The van der Waals surface area contributed by atoms with E-state index in [4.69, 9.17) is 0 Å². The van der Waals surface area contributed by atoms with Crippen molar-refractivity contribution in [3.63, 3.8) is 0 Å². The van der Waals surface area contributed by atoms with Crippen LogP contribution >= 0.6 is 11.8 Å². The molecule has 0 N–H and O–H groups in total. The van der Waals surface area contributed by atoms with Gasteiger partial charge in [-0.3, -0.25) is 4.79 Å². The Kier molecular flexibility index (Phi) is 3.93. The molecule has 0 saturated carbocycles. The summed E-state index contributed by atoms with van der Waals surface area (Å²) in [6, 6.07) is 18.1. The van der Waals surface area contributed by atoms with Crippen LogP contribution < -0.4 is 4.90 Å². The SMILES string of the molecule is CN(C1=NC(=O)/C(=C/c2cn(C)c3ccccc23)S1)c1ccccc1. The lowest BCUT2D eigenvalue weighted by molar-refractivity contribution is -0.113. The molecule has 0 unspecified atom stereocenters. The zero-order chi connectivity index (χ0) is 17.4. The minimum absolute atomic E-state index is 0.185. The number of fused-ring (bicyclic) bond motifs is 1. The number of aromatic nitrogens is 1. The highest BCUT2D eigenvalue weighted by Gasteiger charge is 2.25. The van der Waals surface area contributed by atoms with Gasteiger partial charge >= 0.3 is 0 Å². The van der Waals surface area contributed by atoms with Crippen LogP contribution in [-0.4, -0.2) is 22.7 Å². The van der Waals surface area contributed by atoms with Gasteiger partial charge in [-0.1, -0.05) is 36.4 Å². The summed E-state index contributed by atoms with van der Waals surface area (Å²) < 4.78 is 2.07. The minimum atomic E-state index is -0.185. The third kappa shape index (κ3) is 2.87. The van der Waals surface area contributed by atoms with Crippen molar-refractivity contribution in [3.8, 4) is 0 Å². The topological polar surface area (TPSA) is 37.6 Å². The Labute approximate surface area is 150 Å². The molecule has 0 radical (unpaired) electrons. The van der Waals surface area contributed by atoms with Crippen LogP contribution in [0, 0.1) is 0 Å². The lowest BCUT2D eigenvalue weighted by Crippen LogP contribution is -2.21. The van der Waals surface area contributed by atoms with Gasteiger partial charge in [0.1, 0.15) is 0 Å². The second-order valence-electron chi connectivity index (χ2n) is 5.92. The lowest BCUT2D eigenvalue weighted by Gasteiger charge is -2.17. The molecule has 0 bridgehead atoms. The number of benzene rings is 2. The van der Waals surface area contributed by atoms with E-state index in [1.807, 2.05) is 73.7 Å². The quantitative estimate of drug-likeness (QED) is 0.649. The van der Waals surface area contributed by atoms with Crippen molar-refractivity contribution in [1.82, 2.24) is 4.57 Å². The molecule has 0 aliphatic carbocycles. The Hall–Kier alpha value is -2.79. The molecule has 0 saturated heterocycles. The first-order valence-corrected chi connectivity index (χ1v) is 8.80. The van der Waals surface area contributed by atoms with Crippen LogP contribution in [-0.2, 0) is 11.8 Å². The fourth-order valence-electron chi connectivity index (χ4n) is 2.93. The van der Waals surface area contributed by atoms with Crippen LogP contribution in [0.25, 0.3) is 17.0 Å². The van der Waals surface area contributed by atoms with E-state index in [-0.39, 0.29) is 5.91 Å². The summed E-state index contributed by atoms with van der Waals surface area (Å²) in [7, 11) is 3.94. The summed E-state index contributed by atoms with van der Waals surface area (Å²) in [5.41, 5.74) is 3.19. The summed E-state index contributed by atoms with van der Waals surface area (Å²) >= 11 is 1.41. The van der Waals surface area contributed by atoms with Gasteiger partial charge in [0.25, 0.3) is 5.91 Å². The summed E-state index contributed by atoms with van der Waals surface area (Å²) in [4.78, 5) is 19.2. The van der Waals surface area contributed by atoms with E-state index in [9.17, 15) is 4.79 Å². The van der Waals surface area contributed by atoms with E-state index < -0.39 is 0 Å². The molecular formula is C20H17N3OS. The first-order chi connectivity index (χ1) is 12.1. The molecule has 1 aromatic heterocycles. The van der Waals surface area contributed by atoms with Gasteiger partial charge in [-0.05, 0) is 36.0 Å². The van der Waals surface area contributed by atoms with Gasteiger partial charge < -0.3 is 9.47 Å². The molecule has 1 aliphatic rings. The fraction of sp³-hybridized carbons (Fsp3) is 0.100. The summed E-state index contributed by atoms with van der Waals surface area (Å²) in [6.45, 7) is 0. The van der Waals surface area contributed by atoms with Gasteiger partial charge in [-0.2, -0.15) is 4.99 Å². The molecular weight excluding hydrogens is 330 g/mol. The number of rotatable bonds is 2. The number of amides is 1. The molecule has 2 aromatic carbocycles. The zero-order valence-electron chi connectivity index (χ0n) is 14.0. The maximum atomic E-state index is 12.4. The number of aryl methyl sites for hydroxylation is 1. The van der Waals surface area contributed by atoms with E-state index in [1.54, 1.807) is 0 Å². The van der Waals surface area contributed by atoms with E-state index >= 15 is 0 Å². The van der Waals surface area contributed by atoms with Crippen LogP contribution in [0.1, 0.15) is 5.56 Å². The maximum absolute atomic E-state index is 12.4. The molecule has 3 aromatic rings. The van der Waals surface area contributed by atoms with Crippen molar-refractivity contribution in [2.24, 2.45) is 12.0 Å². The Bertz CT molecular complexity index is 1020. The number of aliphatic imine (C=N–C) groups is 1. The number of carbonyl (C=O) groups excluding carboxylic acids is 1. The monoisotopic (exact) mass is 347 g/mol. The van der Waals surface area contributed by atoms with Crippen molar-refractivity contribution >= 4 is 45.5 Å². The van der Waals surface area contributed by atoms with Crippen LogP contribution in [0.15, 0.2) is 70.7 Å². The Morgan fingerprint density at radius 1 is 1.08 bits per heavy atom. The molecule has 124 valence electrons. The number of hydrogen-bond donors (Lipinski definition) is 0. The third-order valence-corrected chi connectivity index (χ3v) is 5.31. The molecule has 25 heavy (non-hydrogen) atoms. The molecule has 1 amide bonds. The normalized spacial score (nSPS) is 15.8. The lowest BCUT2D eigenvalue weighted by atomic mass is 10.1. The van der Waals surface area contributed by atoms with Gasteiger partial charge in [-0.15, -0.1) is 0 Å². The van der Waals surface area contributed by atoms with E-state index in [0.717, 1.165) is 22.2 Å². The number of nitrogens with zero attached hydrogens (tertiary/aromatic N) is 3. The zero-order valence-corrected chi connectivity index (χ0v) is 14.8. The van der Waals surface area contributed by atoms with Crippen LogP contribution in [0.2, 0.25) is 0 Å². The summed E-state index contributed by atoms with van der Waals surface area (Å²) in [5.74, 6) is -0.185. The predicted molar refractivity (Wildman–Crippen MR) is 106 cm³/mol. The molecule has 1 aliphatic heterocycles. The number of anilines is 1. The van der Waals surface area contributed by atoms with Crippen LogP contribution in [0.5, 0.6) is 0 Å². The minimum Gasteiger partial charge on any atom is -0.350 e. The number of carbonyl (C=O) groups is 1. The van der Waals surface area contributed by atoms with Crippen molar-refractivity contribution in [3.05, 3.63) is 71.3 Å². The van der Waals surface area contributed by atoms with Gasteiger partial charge in [0.05, 0.1) is 4.91 Å². The van der Waals surface area contributed by atoms with Crippen molar-refractivity contribution in [1.29, 1.82) is 0 Å². The Morgan fingerprint density at radius 2 is 1.80 bits per heavy atom. The molecule has 4 rings (SSSR count). The number of hydrogen-bond acceptors (Lipinski definition) is 3. The number of amidine groups is 1. The fourth-order valence-corrected chi connectivity index (χ4v) is 3.82. The summed E-state index contributed by atoms with van der Waals surface area (Å²) in [6.07, 6.45) is 3.98. The Balaban J connectivity index is 1.65.